The lowest BCUT2D eigenvalue weighted by atomic mass is 9.74. The average molecular weight is 295 g/mol. The fourth-order valence-corrected chi connectivity index (χ4v) is 4.04. The Morgan fingerprint density at radius 2 is 1.95 bits per heavy atom. The summed E-state index contributed by atoms with van der Waals surface area (Å²) in [6.45, 7) is 9.82. The Balaban J connectivity index is 1.97. The van der Waals surface area contributed by atoms with E-state index < -0.39 is 5.97 Å². The minimum absolute atomic E-state index is 0.464. The number of hydrogen-bond acceptors (Lipinski definition) is 3. The van der Waals surface area contributed by atoms with Gasteiger partial charge in [0.1, 0.15) is 4.88 Å². The highest BCUT2D eigenvalue weighted by molar-refractivity contribution is 7.14. The molecule has 2 rings (SSSR count). The predicted octanol–water partition coefficient (Wildman–Crippen LogP) is 4.16. The molecule has 0 unspecified atom stereocenters. The van der Waals surface area contributed by atoms with Crippen LogP contribution in [0.4, 0.5) is 0 Å². The first-order chi connectivity index (χ1) is 9.49. The van der Waals surface area contributed by atoms with Crippen LogP contribution in [0.2, 0.25) is 0 Å². The van der Waals surface area contributed by atoms with Gasteiger partial charge in [0.2, 0.25) is 0 Å². The molecule has 0 radical (unpaired) electrons. The lowest BCUT2D eigenvalue weighted by molar-refractivity contribution is 0.0702. The van der Waals surface area contributed by atoms with Gasteiger partial charge in [0.15, 0.2) is 0 Å². The Morgan fingerprint density at radius 3 is 2.40 bits per heavy atom. The molecule has 0 atom stereocenters. The summed E-state index contributed by atoms with van der Waals surface area (Å²) in [5.41, 5.74) is 1.74. The molecule has 4 heteroatoms. The second-order valence-corrected chi connectivity index (χ2v) is 7.24. The van der Waals surface area contributed by atoms with Crippen LogP contribution in [0.15, 0.2) is 6.07 Å². The molecule has 1 fully saturated rings. The molecular weight excluding hydrogens is 270 g/mol. The zero-order valence-electron chi connectivity index (χ0n) is 12.7. The zero-order chi connectivity index (χ0) is 14.8. The van der Waals surface area contributed by atoms with Crippen LogP contribution >= 0.6 is 11.3 Å². The molecule has 112 valence electrons. The van der Waals surface area contributed by atoms with Crippen LogP contribution in [0.3, 0.4) is 0 Å². The number of rotatable bonds is 5. The number of aryl methyl sites for hydroxylation is 1. The normalized spacial score (nSPS) is 19.1. The first kappa shape index (κ1) is 15.5. The molecule has 1 N–H and O–H groups in total. The molecule has 0 aromatic carbocycles. The van der Waals surface area contributed by atoms with Crippen LogP contribution in [0.25, 0.3) is 0 Å². The molecule has 0 saturated carbocycles. The van der Waals surface area contributed by atoms with Crippen molar-refractivity contribution in [2.45, 2.75) is 53.0 Å². The molecule has 2 heterocycles. The van der Waals surface area contributed by atoms with Crippen molar-refractivity contribution >= 4 is 17.3 Å². The highest BCUT2D eigenvalue weighted by atomic mass is 32.1. The Kier molecular flexibility index (Phi) is 4.86. The molecule has 20 heavy (non-hydrogen) atoms. The Bertz CT molecular complexity index is 467. The maximum absolute atomic E-state index is 11.0. The largest absolute Gasteiger partial charge is 0.477 e. The second kappa shape index (κ2) is 6.27. The van der Waals surface area contributed by atoms with Gasteiger partial charge >= 0.3 is 5.97 Å². The van der Waals surface area contributed by atoms with Crippen LogP contribution < -0.4 is 0 Å². The Morgan fingerprint density at radius 1 is 1.35 bits per heavy atom. The minimum atomic E-state index is -0.807. The Labute approximate surface area is 125 Å². The third-order valence-electron chi connectivity index (χ3n) is 5.04. The van der Waals surface area contributed by atoms with E-state index in [1.54, 1.807) is 0 Å². The minimum Gasteiger partial charge on any atom is -0.477 e. The van der Waals surface area contributed by atoms with Crippen molar-refractivity contribution in [3.63, 3.8) is 0 Å². The SMILES string of the molecule is CCC1(CC)CCN(Cc2cc(C(=O)O)sc2C)CC1. The van der Waals surface area contributed by atoms with Gasteiger partial charge in [-0.3, -0.25) is 4.90 Å². The number of thiophene rings is 1. The van der Waals surface area contributed by atoms with Crippen molar-refractivity contribution < 1.29 is 9.90 Å². The van der Waals surface area contributed by atoms with Gasteiger partial charge in [-0.1, -0.05) is 26.7 Å². The van der Waals surface area contributed by atoms with E-state index in [9.17, 15) is 4.79 Å². The van der Waals surface area contributed by atoms with Gasteiger partial charge in [0.05, 0.1) is 0 Å². The highest BCUT2D eigenvalue weighted by Crippen LogP contribution is 2.38. The lowest BCUT2D eigenvalue weighted by Gasteiger charge is -2.41. The lowest BCUT2D eigenvalue weighted by Crippen LogP contribution is -2.39. The van der Waals surface area contributed by atoms with E-state index >= 15 is 0 Å². The predicted molar refractivity (Wildman–Crippen MR) is 83.5 cm³/mol. The van der Waals surface area contributed by atoms with Gasteiger partial charge in [0, 0.05) is 11.4 Å². The van der Waals surface area contributed by atoms with Crippen LogP contribution in [0, 0.1) is 12.3 Å². The topological polar surface area (TPSA) is 40.5 Å². The number of nitrogens with zero attached hydrogens (tertiary/aromatic N) is 1. The van der Waals surface area contributed by atoms with Crippen LogP contribution in [0.5, 0.6) is 0 Å². The van der Waals surface area contributed by atoms with E-state index in [0.717, 1.165) is 24.5 Å². The van der Waals surface area contributed by atoms with E-state index in [-0.39, 0.29) is 0 Å². The summed E-state index contributed by atoms with van der Waals surface area (Å²) in [6, 6.07) is 1.85. The monoisotopic (exact) mass is 295 g/mol. The summed E-state index contributed by atoms with van der Waals surface area (Å²) >= 11 is 1.39. The van der Waals surface area contributed by atoms with Gasteiger partial charge < -0.3 is 5.11 Å². The van der Waals surface area contributed by atoms with Gasteiger partial charge in [-0.05, 0) is 49.9 Å². The summed E-state index contributed by atoms with van der Waals surface area (Å²) < 4.78 is 0. The van der Waals surface area contributed by atoms with E-state index in [0.29, 0.717) is 10.3 Å². The maximum Gasteiger partial charge on any atom is 0.345 e. The Hall–Kier alpha value is -0.870. The standard InChI is InChI=1S/C16H25NO2S/c1-4-16(5-2)6-8-17(9-7-16)11-13-10-14(15(18)19)20-12(13)3/h10H,4-9,11H2,1-3H3,(H,18,19). The van der Waals surface area contributed by atoms with Crippen molar-refractivity contribution in [3.05, 3.63) is 21.4 Å². The van der Waals surface area contributed by atoms with Crippen LogP contribution in [-0.2, 0) is 6.54 Å². The fourth-order valence-electron chi connectivity index (χ4n) is 3.17. The first-order valence-corrected chi connectivity index (χ1v) is 8.36. The van der Waals surface area contributed by atoms with Crippen LogP contribution in [-0.4, -0.2) is 29.1 Å². The third kappa shape index (κ3) is 3.23. The molecule has 1 aliphatic rings. The molecule has 1 aliphatic heterocycles. The van der Waals surface area contributed by atoms with Gasteiger partial charge in [-0.2, -0.15) is 0 Å². The number of carboxylic acids is 1. The molecule has 1 aromatic heterocycles. The maximum atomic E-state index is 11.0. The van der Waals surface area contributed by atoms with Crippen molar-refractivity contribution in [2.24, 2.45) is 5.41 Å². The molecule has 1 aromatic rings. The van der Waals surface area contributed by atoms with Crippen molar-refractivity contribution in [2.75, 3.05) is 13.1 Å². The molecule has 0 amide bonds. The number of aromatic carboxylic acids is 1. The van der Waals surface area contributed by atoms with Gasteiger partial charge in [-0.15, -0.1) is 11.3 Å². The number of carbonyl (C=O) groups is 1. The van der Waals surface area contributed by atoms with Crippen LogP contribution in [0.1, 0.15) is 59.6 Å². The molecular formula is C16H25NO2S. The molecule has 0 aliphatic carbocycles. The molecule has 1 saturated heterocycles. The quantitative estimate of drug-likeness (QED) is 0.887. The van der Waals surface area contributed by atoms with E-state index in [1.807, 2.05) is 13.0 Å². The van der Waals surface area contributed by atoms with Gasteiger partial charge in [0.25, 0.3) is 0 Å². The second-order valence-electron chi connectivity index (χ2n) is 5.98. The van der Waals surface area contributed by atoms with Gasteiger partial charge in [-0.25, -0.2) is 4.79 Å². The zero-order valence-corrected chi connectivity index (χ0v) is 13.6. The highest BCUT2D eigenvalue weighted by Gasteiger charge is 2.31. The molecule has 0 bridgehead atoms. The summed E-state index contributed by atoms with van der Waals surface area (Å²) in [4.78, 5) is 15.1. The summed E-state index contributed by atoms with van der Waals surface area (Å²) in [5, 5.41) is 9.06. The van der Waals surface area contributed by atoms with Crippen molar-refractivity contribution in [3.8, 4) is 0 Å². The van der Waals surface area contributed by atoms with E-state index in [4.69, 9.17) is 5.11 Å². The number of carboxylic acid groups (broad SMARTS) is 1. The van der Waals surface area contributed by atoms with E-state index in [1.165, 1.54) is 42.6 Å². The average Bonchev–Trinajstić information content (AvgIpc) is 2.82. The number of piperidine rings is 1. The first-order valence-electron chi connectivity index (χ1n) is 7.54. The van der Waals surface area contributed by atoms with Crippen molar-refractivity contribution in [1.82, 2.24) is 4.90 Å². The summed E-state index contributed by atoms with van der Waals surface area (Å²) in [6.07, 6.45) is 5.10. The van der Waals surface area contributed by atoms with E-state index in [2.05, 4.69) is 18.7 Å². The number of likely N-dealkylation sites (tertiary alicyclic amines) is 1. The summed E-state index contributed by atoms with van der Waals surface area (Å²) in [7, 11) is 0. The summed E-state index contributed by atoms with van der Waals surface area (Å²) in [5.74, 6) is -0.807. The smallest absolute Gasteiger partial charge is 0.345 e. The molecule has 0 spiro atoms. The fraction of sp³-hybridized carbons (Fsp3) is 0.688. The molecule has 3 nitrogen and oxygen atoms in total. The number of hydrogen-bond donors (Lipinski definition) is 1. The van der Waals surface area contributed by atoms with Crippen molar-refractivity contribution in [1.29, 1.82) is 0 Å². The third-order valence-corrected chi connectivity index (χ3v) is 6.12.